The van der Waals surface area contributed by atoms with Crippen molar-refractivity contribution in [2.45, 2.75) is 5.37 Å². The minimum atomic E-state index is 0.717. The zero-order valence-corrected chi connectivity index (χ0v) is 8.15. The number of nitrogens with one attached hydrogen (secondary N) is 1. The van der Waals surface area contributed by atoms with E-state index in [0.717, 1.165) is 19.6 Å². The average molecular weight is 186 g/mol. The van der Waals surface area contributed by atoms with Crippen LogP contribution in [0, 0.1) is 0 Å². The monoisotopic (exact) mass is 186 g/mol. The van der Waals surface area contributed by atoms with E-state index >= 15 is 0 Å². The van der Waals surface area contributed by atoms with Gasteiger partial charge in [-0.15, -0.1) is 11.8 Å². The molecule has 4 heteroatoms. The molecule has 3 nitrogen and oxygen atoms in total. The Labute approximate surface area is 78.3 Å². The summed E-state index contributed by atoms with van der Waals surface area (Å²) in [6.45, 7) is 6.75. The fraction of sp³-hybridized carbons (Fsp3) is 1.00. The molecule has 1 N–H and O–H groups in total. The Morgan fingerprint density at radius 3 is 2.83 bits per heavy atom. The van der Waals surface area contributed by atoms with Crippen molar-refractivity contribution in [2.75, 3.05) is 45.0 Å². The Balaban J connectivity index is 1.80. The topological polar surface area (TPSA) is 29.4 Å². The highest BCUT2D eigenvalue weighted by molar-refractivity contribution is 7.99. The van der Waals surface area contributed by atoms with Gasteiger partial charge in [-0.25, -0.2) is 5.32 Å². The molecule has 2 rings (SSSR count). The van der Waals surface area contributed by atoms with Crippen LogP contribution in [0.25, 0.3) is 0 Å². The van der Waals surface area contributed by atoms with Gasteiger partial charge in [0.2, 0.25) is 0 Å². The summed E-state index contributed by atoms with van der Waals surface area (Å²) in [5.41, 5.74) is 0. The largest absolute Gasteiger partial charge is 0.313 e. The molecule has 12 heavy (non-hydrogen) atoms. The average Bonchev–Trinajstić information content (AvgIpc) is 2.21. The molecule has 2 heterocycles. The van der Waals surface area contributed by atoms with Crippen molar-refractivity contribution in [3.8, 4) is 0 Å². The molecule has 2 fully saturated rings. The van der Waals surface area contributed by atoms with Gasteiger partial charge in [-0.1, -0.05) is 0 Å². The Morgan fingerprint density at radius 2 is 2.17 bits per heavy atom. The normalized spacial score (nSPS) is 33.5. The molecule has 2 aliphatic rings. The zero-order chi connectivity index (χ0) is 8.23. The fourth-order valence-electron chi connectivity index (χ4n) is 1.70. The first-order chi connectivity index (χ1) is 5.97. The Kier molecular flexibility index (Phi) is 3.28. The quantitative estimate of drug-likeness (QED) is 0.602. The van der Waals surface area contributed by atoms with E-state index < -0.39 is 0 Å². The number of piperazine rings is 1. The van der Waals surface area contributed by atoms with E-state index in [1.807, 2.05) is 0 Å². The second-order valence-corrected chi connectivity index (χ2v) is 4.52. The van der Waals surface area contributed by atoms with Crippen molar-refractivity contribution >= 4 is 11.8 Å². The molecule has 2 saturated heterocycles. The summed E-state index contributed by atoms with van der Waals surface area (Å²) >= 11 is 2.09. The van der Waals surface area contributed by atoms with Crippen LogP contribution in [0.2, 0.25) is 0 Å². The van der Waals surface area contributed by atoms with Crippen molar-refractivity contribution in [2.24, 2.45) is 0 Å². The van der Waals surface area contributed by atoms with Crippen LogP contribution in [0.1, 0.15) is 0 Å². The van der Waals surface area contributed by atoms with Gasteiger partial charge in [0.1, 0.15) is 0 Å². The molecule has 1 radical (unpaired) electrons. The SMILES string of the molecule is C1CN(C2CNCCS2)CC[N]1. The highest BCUT2D eigenvalue weighted by Crippen LogP contribution is 2.17. The first-order valence-corrected chi connectivity index (χ1v) is 5.71. The molecule has 0 bridgehead atoms. The van der Waals surface area contributed by atoms with E-state index in [1.165, 1.54) is 25.4 Å². The third kappa shape index (κ3) is 2.13. The minimum absolute atomic E-state index is 0.717. The number of hydrogen-bond acceptors (Lipinski definition) is 3. The molecular formula is C8H16N3S. The lowest BCUT2D eigenvalue weighted by molar-refractivity contribution is 0.217. The van der Waals surface area contributed by atoms with Crippen LogP contribution < -0.4 is 10.6 Å². The van der Waals surface area contributed by atoms with Crippen LogP contribution in [-0.4, -0.2) is 55.3 Å². The third-order valence-electron chi connectivity index (χ3n) is 2.41. The van der Waals surface area contributed by atoms with Gasteiger partial charge in [0.25, 0.3) is 0 Å². The minimum Gasteiger partial charge on any atom is -0.313 e. The maximum Gasteiger partial charge on any atom is 0.0684 e. The Morgan fingerprint density at radius 1 is 1.33 bits per heavy atom. The summed E-state index contributed by atoms with van der Waals surface area (Å²) in [4.78, 5) is 2.56. The molecule has 0 aliphatic carbocycles. The second kappa shape index (κ2) is 4.46. The molecule has 0 aromatic rings. The summed E-state index contributed by atoms with van der Waals surface area (Å²) in [6.07, 6.45) is 0. The van der Waals surface area contributed by atoms with Crippen LogP contribution in [0.15, 0.2) is 0 Å². The van der Waals surface area contributed by atoms with Gasteiger partial charge in [0.05, 0.1) is 5.37 Å². The lowest BCUT2D eigenvalue weighted by Gasteiger charge is -2.36. The summed E-state index contributed by atoms with van der Waals surface area (Å²) < 4.78 is 0. The number of hydrogen-bond donors (Lipinski definition) is 1. The highest BCUT2D eigenvalue weighted by Gasteiger charge is 2.22. The van der Waals surface area contributed by atoms with E-state index in [4.69, 9.17) is 0 Å². The summed E-state index contributed by atoms with van der Waals surface area (Å²) in [7, 11) is 0. The lowest BCUT2D eigenvalue weighted by atomic mass is 10.3. The summed E-state index contributed by atoms with van der Waals surface area (Å²) in [5.74, 6) is 1.26. The van der Waals surface area contributed by atoms with E-state index in [0.29, 0.717) is 5.37 Å². The van der Waals surface area contributed by atoms with Gasteiger partial charge in [0.15, 0.2) is 0 Å². The van der Waals surface area contributed by atoms with Gasteiger partial charge < -0.3 is 5.32 Å². The Hall–Kier alpha value is 0.230. The van der Waals surface area contributed by atoms with E-state index in [-0.39, 0.29) is 0 Å². The molecule has 0 saturated carbocycles. The molecule has 0 amide bonds. The molecule has 1 atom stereocenters. The van der Waals surface area contributed by atoms with Gasteiger partial charge in [-0.3, -0.25) is 4.90 Å². The van der Waals surface area contributed by atoms with Crippen molar-refractivity contribution in [1.29, 1.82) is 0 Å². The van der Waals surface area contributed by atoms with E-state index in [1.54, 1.807) is 0 Å². The first kappa shape index (κ1) is 8.81. The number of rotatable bonds is 1. The van der Waals surface area contributed by atoms with Crippen LogP contribution >= 0.6 is 11.8 Å². The van der Waals surface area contributed by atoms with Crippen molar-refractivity contribution in [3.05, 3.63) is 0 Å². The highest BCUT2D eigenvalue weighted by atomic mass is 32.2. The van der Waals surface area contributed by atoms with Gasteiger partial charge in [0, 0.05) is 45.0 Å². The molecular weight excluding hydrogens is 170 g/mol. The lowest BCUT2D eigenvalue weighted by Crippen LogP contribution is -2.50. The van der Waals surface area contributed by atoms with E-state index in [2.05, 4.69) is 27.3 Å². The van der Waals surface area contributed by atoms with Gasteiger partial charge >= 0.3 is 0 Å². The molecule has 2 aliphatic heterocycles. The van der Waals surface area contributed by atoms with Crippen molar-refractivity contribution in [3.63, 3.8) is 0 Å². The summed E-state index contributed by atoms with van der Waals surface area (Å²) in [6, 6.07) is 0. The maximum atomic E-state index is 4.35. The maximum absolute atomic E-state index is 4.35. The fourth-order valence-corrected chi connectivity index (χ4v) is 2.89. The Bertz CT molecular complexity index is 114. The van der Waals surface area contributed by atoms with Gasteiger partial charge in [-0.2, -0.15) is 0 Å². The zero-order valence-electron chi connectivity index (χ0n) is 7.33. The predicted molar refractivity (Wildman–Crippen MR) is 52.6 cm³/mol. The molecule has 0 aromatic heterocycles. The van der Waals surface area contributed by atoms with Crippen LogP contribution in [-0.2, 0) is 0 Å². The van der Waals surface area contributed by atoms with Gasteiger partial charge in [-0.05, 0) is 0 Å². The first-order valence-electron chi connectivity index (χ1n) is 4.66. The number of thioether (sulfide) groups is 1. The summed E-state index contributed by atoms with van der Waals surface area (Å²) in [5, 5.41) is 8.51. The molecule has 69 valence electrons. The molecule has 0 spiro atoms. The molecule has 1 unspecified atom stereocenters. The van der Waals surface area contributed by atoms with Crippen LogP contribution in [0.5, 0.6) is 0 Å². The van der Waals surface area contributed by atoms with E-state index in [9.17, 15) is 0 Å². The van der Waals surface area contributed by atoms with Crippen molar-refractivity contribution < 1.29 is 0 Å². The number of nitrogens with zero attached hydrogens (tertiary/aromatic N) is 2. The molecule has 0 aromatic carbocycles. The van der Waals surface area contributed by atoms with Crippen LogP contribution in [0.4, 0.5) is 0 Å². The second-order valence-electron chi connectivity index (χ2n) is 3.24. The third-order valence-corrected chi connectivity index (χ3v) is 3.70. The standard InChI is InChI=1S/C8H16N3S/c1-4-11(5-2-9-1)8-7-10-3-6-12-8/h8,10H,1-7H2. The van der Waals surface area contributed by atoms with Crippen molar-refractivity contribution in [1.82, 2.24) is 15.5 Å². The predicted octanol–water partition coefficient (Wildman–Crippen LogP) is -0.431. The van der Waals surface area contributed by atoms with Crippen LogP contribution in [0.3, 0.4) is 0 Å². The smallest absolute Gasteiger partial charge is 0.0684 e.